The summed E-state index contributed by atoms with van der Waals surface area (Å²) in [6.45, 7) is 4.08. The van der Waals surface area contributed by atoms with E-state index < -0.39 is 18.5 Å². The van der Waals surface area contributed by atoms with Crippen molar-refractivity contribution in [1.82, 2.24) is 5.32 Å². The number of carbonyl (C=O) groups is 3. The summed E-state index contributed by atoms with van der Waals surface area (Å²) in [7, 11) is 1.53. The van der Waals surface area contributed by atoms with Gasteiger partial charge in [-0.2, -0.15) is 0 Å². The van der Waals surface area contributed by atoms with Gasteiger partial charge in [-0.15, -0.1) is 0 Å². The fraction of sp³-hybridized carbons (Fsp3) is 0.318. The normalized spacial score (nSPS) is 10.2. The highest BCUT2D eigenvalue weighted by atomic mass is 35.5. The molecule has 0 aromatic heterocycles. The maximum Gasteiger partial charge on any atom is 0.338 e. The van der Waals surface area contributed by atoms with Crippen molar-refractivity contribution in [3.05, 3.63) is 52.5 Å². The number of carbonyl (C=O) groups excluding carboxylic acids is 3. The molecule has 0 aliphatic heterocycles. The van der Waals surface area contributed by atoms with Gasteiger partial charge in [-0.25, -0.2) is 4.79 Å². The van der Waals surface area contributed by atoms with Crippen LogP contribution < -0.4 is 20.1 Å². The van der Waals surface area contributed by atoms with E-state index in [1.807, 2.05) is 6.92 Å². The minimum absolute atomic E-state index is 0.139. The molecule has 2 rings (SSSR count). The van der Waals surface area contributed by atoms with Gasteiger partial charge in [-0.1, -0.05) is 18.5 Å². The lowest BCUT2D eigenvalue weighted by molar-refractivity contribution is -0.119. The van der Waals surface area contributed by atoms with Crippen LogP contribution in [0.5, 0.6) is 11.5 Å². The zero-order chi connectivity index (χ0) is 22.8. The Morgan fingerprint density at radius 2 is 1.71 bits per heavy atom. The lowest BCUT2D eigenvalue weighted by atomic mass is 10.2. The van der Waals surface area contributed by atoms with E-state index in [0.717, 1.165) is 6.42 Å². The maximum absolute atomic E-state index is 12.4. The minimum atomic E-state index is -0.727. The average Bonchev–Trinajstić information content (AvgIpc) is 2.77. The Kier molecular flexibility index (Phi) is 9.14. The van der Waals surface area contributed by atoms with E-state index in [-0.39, 0.29) is 16.5 Å². The van der Waals surface area contributed by atoms with Crippen molar-refractivity contribution in [2.45, 2.75) is 20.3 Å². The number of rotatable bonds is 10. The summed E-state index contributed by atoms with van der Waals surface area (Å²) in [6, 6.07) is 9.17. The van der Waals surface area contributed by atoms with Crippen LogP contribution in [0.4, 0.5) is 5.69 Å². The number of anilines is 1. The van der Waals surface area contributed by atoms with Crippen LogP contribution >= 0.6 is 11.6 Å². The molecule has 0 bridgehead atoms. The molecule has 0 aliphatic carbocycles. The second kappa shape index (κ2) is 11.8. The van der Waals surface area contributed by atoms with Gasteiger partial charge in [0.05, 0.1) is 23.8 Å². The molecule has 0 fully saturated rings. The average molecular weight is 449 g/mol. The third-order valence-electron chi connectivity index (χ3n) is 3.99. The summed E-state index contributed by atoms with van der Waals surface area (Å²) >= 11 is 6.25. The van der Waals surface area contributed by atoms with E-state index in [1.165, 1.54) is 19.2 Å². The van der Waals surface area contributed by atoms with Gasteiger partial charge >= 0.3 is 5.97 Å². The second-order valence-corrected chi connectivity index (χ2v) is 6.75. The third kappa shape index (κ3) is 6.89. The fourth-order valence-corrected chi connectivity index (χ4v) is 2.82. The van der Waals surface area contributed by atoms with E-state index in [2.05, 4.69) is 10.6 Å². The number of ether oxygens (including phenoxy) is 3. The maximum atomic E-state index is 12.4. The Morgan fingerprint density at radius 1 is 1.00 bits per heavy atom. The van der Waals surface area contributed by atoms with Crippen molar-refractivity contribution in [3.8, 4) is 11.5 Å². The van der Waals surface area contributed by atoms with E-state index in [9.17, 15) is 14.4 Å². The Bertz CT molecular complexity index is 930. The number of amides is 2. The van der Waals surface area contributed by atoms with E-state index in [1.54, 1.807) is 31.2 Å². The summed E-state index contributed by atoms with van der Waals surface area (Å²) in [5.41, 5.74) is 1.06. The van der Waals surface area contributed by atoms with Crippen LogP contribution in [0.3, 0.4) is 0 Å². The summed E-state index contributed by atoms with van der Waals surface area (Å²) in [5, 5.41) is 5.31. The molecule has 9 heteroatoms. The molecular formula is C22H25ClN2O6. The number of hydrogen-bond acceptors (Lipinski definition) is 6. The predicted molar refractivity (Wildman–Crippen MR) is 117 cm³/mol. The van der Waals surface area contributed by atoms with Gasteiger partial charge in [0.2, 0.25) is 0 Å². The number of halogens is 1. The molecule has 2 N–H and O–H groups in total. The first-order valence-corrected chi connectivity index (χ1v) is 10.2. The van der Waals surface area contributed by atoms with Crippen LogP contribution in [0.1, 0.15) is 41.0 Å². The molecule has 2 amide bonds. The lowest BCUT2D eigenvalue weighted by Gasteiger charge is -2.14. The van der Waals surface area contributed by atoms with Crippen LogP contribution in [0.2, 0.25) is 5.02 Å². The Morgan fingerprint density at radius 3 is 2.32 bits per heavy atom. The Balaban J connectivity index is 1.99. The van der Waals surface area contributed by atoms with Crippen molar-refractivity contribution in [1.29, 1.82) is 0 Å². The fourth-order valence-electron chi connectivity index (χ4n) is 2.55. The first-order valence-electron chi connectivity index (χ1n) is 9.77. The molecule has 0 saturated heterocycles. The molecule has 8 nitrogen and oxygen atoms in total. The molecule has 2 aromatic rings. The van der Waals surface area contributed by atoms with Crippen LogP contribution in [0.25, 0.3) is 0 Å². The largest absolute Gasteiger partial charge is 0.490 e. The number of hydrogen-bond donors (Lipinski definition) is 2. The molecule has 0 atom stereocenters. The summed E-state index contributed by atoms with van der Waals surface area (Å²) < 4.78 is 16.2. The molecule has 0 saturated carbocycles. The molecule has 2 aromatic carbocycles. The van der Waals surface area contributed by atoms with Crippen LogP contribution in [0.15, 0.2) is 36.4 Å². The van der Waals surface area contributed by atoms with Crippen molar-refractivity contribution >= 4 is 35.1 Å². The second-order valence-electron chi connectivity index (χ2n) is 6.35. The molecule has 0 unspecified atom stereocenters. The quantitative estimate of drug-likeness (QED) is 0.537. The van der Waals surface area contributed by atoms with Gasteiger partial charge in [0.1, 0.15) is 0 Å². The lowest BCUT2D eigenvalue weighted by Crippen LogP contribution is -2.21. The molecule has 0 aliphatic rings. The zero-order valence-electron chi connectivity index (χ0n) is 17.6. The van der Waals surface area contributed by atoms with E-state index >= 15 is 0 Å². The highest BCUT2D eigenvalue weighted by Crippen LogP contribution is 2.37. The van der Waals surface area contributed by atoms with Gasteiger partial charge < -0.3 is 24.8 Å². The molecule has 0 radical (unpaired) electrons. The summed E-state index contributed by atoms with van der Waals surface area (Å²) in [4.78, 5) is 36.0. The van der Waals surface area contributed by atoms with E-state index in [4.69, 9.17) is 25.8 Å². The number of benzene rings is 2. The monoisotopic (exact) mass is 448 g/mol. The predicted octanol–water partition coefficient (Wildman–Crippen LogP) is 3.68. The summed E-state index contributed by atoms with van der Waals surface area (Å²) in [5.74, 6) is -0.797. The number of nitrogens with one attached hydrogen (secondary N) is 2. The smallest absolute Gasteiger partial charge is 0.338 e. The highest BCUT2D eigenvalue weighted by Gasteiger charge is 2.18. The molecule has 166 valence electrons. The van der Waals surface area contributed by atoms with Crippen molar-refractivity contribution in [3.63, 3.8) is 0 Å². The SMILES string of the molecule is CCCOc1c(Cl)cc(C(=O)OCC(=O)Nc2ccc(C(=O)NC)cc2)cc1OCC. The molecule has 31 heavy (non-hydrogen) atoms. The van der Waals surface area contributed by atoms with Crippen LogP contribution in [-0.2, 0) is 9.53 Å². The van der Waals surface area contributed by atoms with Crippen LogP contribution in [-0.4, -0.2) is 44.7 Å². The highest BCUT2D eigenvalue weighted by molar-refractivity contribution is 6.32. The summed E-state index contributed by atoms with van der Waals surface area (Å²) in [6.07, 6.45) is 0.787. The first-order chi connectivity index (χ1) is 14.9. The molecule has 0 heterocycles. The first kappa shape index (κ1) is 24.0. The van der Waals surface area contributed by atoms with Gasteiger partial charge in [-0.05, 0) is 49.7 Å². The van der Waals surface area contributed by atoms with Crippen molar-refractivity contribution in [2.24, 2.45) is 0 Å². The van der Waals surface area contributed by atoms with E-state index in [0.29, 0.717) is 36.0 Å². The zero-order valence-corrected chi connectivity index (χ0v) is 18.4. The van der Waals surface area contributed by atoms with Gasteiger partial charge in [0.15, 0.2) is 18.1 Å². The van der Waals surface area contributed by atoms with Crippen LogP contribution in [0, 0.1) is 0 Å². The minimum Gasteiger partial charge on any atom is -0.490 e. The number of esters is 1. The van der Waals surface area contributed by atoms with Crippen molar-refractivity contribution in [2.75, 3.05) is 32.2 Å². The Hall–Kier alpha value is -3.26. The third-order valence-corrected chi connectivity index (χ3v) is 4.27. The van der Waals surface area contributed by atoms with Crippen molar-refractivity contribution < 1.29 is 28.6 Å². The standard InChI is InChI=1S/C22H25ClN2O6/c1-4-10-30-20-17(23)11-15(12-18(20)29-5-2)22(28)31-13-19(26)25-16-8-6-14(7-9-16)21(27)24-3/h6-9,11-12H,4-5,10,13H2,1-3H3,(H,24,27)(H,25,26). The molecular weight excluding hydrogens is 424 g/mol. The molecule has 0 spiro atoms. The van der Waals surface area contributed by atoms with Gasteiger partial charge in [0.25, 0.3) is 11.8 Å². The van der Waals surface area contributed by atoms with Gasteiger partial charge in [0, 0.05) is 18.3 Å². The Labute approximate surface area is 185 Å². The topological polar surface area (TPSA) is 103 Å². The van der Waals surface area contributed by atoms with Gasteiger partial charge in [-0.3, -0.25) is 9.59 Å².